The number of aromatic amines is 1. The van der Waals surface area contributed by atoms with Crippen LogP contribution in [0.15, 0.2) is 16.2 Å². The lowest BCUT2D eigenvalue weighted by Gasteiger charge is -2.15. The van der Waals surface area contributed by atoms with E-state index in [1.807, 2.05) is 25.5 Å². The molecule has 0 bridgehead atoms. The number of aromatic nitrogens is 2. The van der Waals surface area contributed by atoms with Gasteiger partial charge in [-0.3, -0.25) is 9.69 Å². The molecule has 0 amide bonds. The Balaban J connectivity index is 2.05. The monoisotopic (exact) mass is 266 g/mol. The molecule has 2 aromatic rings. The number of nitrogens with zero attached hydrogens (tertiary/aromatic N) is 2. The lowest BCUT2D eigenvalue weighted by atomic mass is 10.3. The average molecular weight is 266 g/mol. The van der Waals surface area contributed by atoms with Gasteiger partial charge in [-0.25, -0.2) is 4.98 Å². The number of H-pyrrole nitrogens is 1. The molecule has 6 heteroatoms. The van der Waals surface area contributed by atoms with E-state index in [4.69, 9.17) is 0 Å². The van der Waals surface area contributed by atoms with Gasteiger partial charge in [0, 0.05) is 0 Å². The summed E-state index contributed by atoms with van der Waals surface area (Å²) in [5.41, 5.74) is 0.760. The van der Waals surface area contributed by atoms with Gasteiger partial charge in [-0.1, -0.05) is 0 Å². The molecule has 2 aromatic heterocycles. The Bertz CT molecular complexity index is 562. The van der Waals surface area contributed by atoms with Gasteiger partial charge >= 0.3 is 0 Å². The summed E-state index contributed by atoms with van der Waals surface area (Å²) in [7, 11) is 3.98. The van der Waals surface area contributed by atoms with E-state index in [2.05, 4.69) is 20.2 Å². The van der Waals surface area contributed by atoms with Gasteiger partial charge in [-0.2, -0.15) is 0 Å². The van der Waals surface area contributed by atoms with Crippen molar-refractivity contribution in [3.05, 3.63) is 27.6 Å². The molecule has 0 atom stereocenters. The molecular weight excluding hydrogens is 248 g/mol. The van der Waals surface area contributed by atoms with Crippen molar-refractivity contribution in [2.24, 2.45) is 0 Å². The second-order valence-electron chi connectivity index (χ2n) is 4.34. The van der Waals surface area contributed by atoms with Crippen molar-refractivity contribution >= 4 is 21.6 Å². The van der Waals surface area contributed by atoms with Crippen molar-refractivity contribution < 1.29 is 0 Å². The maximum absolute atomic E-state index is 11.8. The third kappa shape index (κ3) is 3.16. The van der Waals surface area contributed by atoms with Crippen LogP contribution >= 0.6 is 11.3 Å². The highest BCUT2D eigenvalue weighted by Crippen LogP contribution is 2.13. The van der Waals surface area contributed by atoms with Crippen LogP contribution in [0.2, 0.25) is 0 Å². The summed E-state index contributed by atoms with van der Waals surface area (Å²) >= 11 is 1.43. The van der Waals surface area contributed by atoms with Crippen molar-refractivity contribution in [2.75, 3.05) is 27.2 Å². The van der Waals surface area contributed by atoms with Crippen LogP contribution in [0.3, 0.4) is 0 Å². The van der Waals surface area contributed by atoms with Crippen molar-refractivity contribution in [3.8, 4) is 0 Å². The Labute approximate surface area is 110 Å². The van der Waals surface area contributed by atoms with Gasteiger partial charge in [0.05, 0.1) is 12.1 Å². The van der Waals surface area contributed by atoms with E-state index in [-0.39, 0.29) is 5.56 Å². The number of rotatable bonds is 6. The van der Waals surface area contributed by atoms with Crippen LogP contribution in [0.4, 0.5) is 0 Å². The van der Waals surface area contributed by atoms with E-state index in [0.717, 1.165) is 30.9 Å². The van der Waals surface area contributed by atoms with Crippen molar-refractivity contribution in [1.82, 2.24) is 20.2 Å². The first kappa shape index (κ1) is 13.2. The molecule has 0 aliphatic heterocycles. The van der Waals surface area contributed by atoms with E-state index < -0.39 is 0 Å². The van der Waals surface area contributed by atoms with Gasteiger partial charge in [0.2, 0.25) is 0 Å². The van der Waals surface area contributed by atoms with E-state index >= 15 is 0 Å². The molecule has 0 aliphatic carbocycles. The second-order valence-corrected chi connectivity index (χ2v) is 5.26. The van der Waals surface area contributed by atoms with Crippen molar-refractivity contribution in [3.63, 3.8) is 0 Å². The zero-order valence-electron chi connectivity index (χ0n) is 10.7. The highest BCUT2D eigenvalue weighted by atomic mass is 32.1. The Morgan fingerprint density at radius 2 is 2.39 bits per heavy atom. The van der Waals surface area contributed by atoms with Crippen LogP contribution in [-0.4, -0.2) is 42.1 Å². The zero-order valence-corrected chi connectivity index (χ0v) is 11.5. The molecule has 0 aromatic carbocycles. The van der Waals surface area contributed by atoms with E-state index in [1.54, 1.807) is 0 Å². The van der Waals surface area contributed by atoms with Crippen LogP contribution in [0.25, 0.3) is 10.2 Å². The minimum absolute atomic E-state index is 0.0337. The molecule has 98 valence electrons. The van der Waals surface area contributed by atoms with Crippen LogP contribution < -0.4 is 10.9 Å². The van der Waals surface area contributed by atoms with Gasteiger partial charge in [0.25, 0.3) is 5.56 Å². The van der Waals surface area contributed by atoms with Crippen LogP contribution in [0, 0.1) is 0 Å². The molecule has 0 unspecified atom stereocenters. The molecule has 0 radical (unpaired) electrons. The van der Waals surface area contributed by atoms with Gasteiger partial charge < -0.3 is 10.3 Å². The Hall–Kier alpha value is -1.24. The summed E-state index contributed by atoms with van der Waals surface area (Å²) in [6.07, 6.45) is 1.08. The number of hydrogen-bond acceptors (Lipinski definition) is 5. The van der Waals surface area contributed by atoms with Gasteiger partial charge in [0.15, 0.2) is 0 Å². The normalized spacial score (nSPS) is 11.5. The summed E-state index contributed by atoms with van der Waals surface area (Å²) < 4.78 is 0.705. The highest BCUT2D eigenvalue weighted by molar-refractivity contribution is 7.17. The summed E-state index contributed by atoms with van der Waals surface area (Å²) in [6.45, 7) is 2.65. The van der Waals surface area contributed by atoms with Gasteiger partial charge in [-0.15, -0.1) is 11.3 Å². The predicted octanol–water partition coefficient (Wildman–Crippen LogP) is 1.03. The van der Waals surface area contributed by atoms with E-state index in [9.17, 15) is 4.79 Å². The summed E-state index contributed by atoms with van der Waals surface area (Å²) in [5.74, 6) is 0.734. The second kappa shape index (κ2) is 6.08. The Morgan fingerprint density at radius 1 is 1.56 bits per heavy atom. The summed E-state index contributed by atoms with van der Waals surface area (Å²) in [5, 5.41) is 5.01. The lowest BCUT2D eigenvalue weighted by Crippen LogP contribution is -2.24. The fraction of sp³-hybridized carbons (Fsp3) is 0.500. The fourth-order valence-corrected chi connectivity index (χ4v) is 2.58. The van der Waals surface area contributed by atoms with E-state index in [0.29, 0.717) is 11.2 Å². The highest BCUT2D eigenvalue weighted by Gasteiger charge is 2.07. The molecule has 2 N–H and O–H groups in total. The van der Waals surface area contributed by atoms with Crippen molar-refractivity contribution in [1.29, 1.82) is 0 Å². The quantitative estimate of drug-likeness (QED) is 0.767. The lowest BCUT2D eigenvalue weighted by molar-refractivity contribution is 0.313. The predicted molar refractivity (Wildman–Crippen MR) is 75.1 cm³/mol. The van der Waals surface area contributed by atoms with Gasteiger partial charge in [-0.05, 0) is 45.1 Å². The minimum atomic E-state index is -0.0337. The third-order valence-electron chi connectivity index (χ3n) is 2.75. The first-order valence-corrected chi connectivity index (χ1v) is 6.88. The van der Waals surface area contributed by atoms with Gasteiger partial charge in [0.1, 0.15) is 10.5 Å². The number of hydrogen-bond donors (Lipinski definition) is 2. The van der Waals surface area contributed by atoms with Crippen LogP contribution in [-0.2, 0) is 6.54 Å². The van der Waals surface area contributed by atoms with Crippen molar-refractivity contribution in [2.45, 2.75) is 13.0 Å². The molecule has 0 spiro atoms. The number of thiophene rings is 1. The molecule has 2 heterocycles. The molecule has 2 rings (SSSR count). The molecular formula is C12H18N4OS. The first-order valence-electron chi connectivity index (χ1n) is 6.00. The fourth-order valence-electron chi connectivity index (χ4n) is 1.86. The third-order valence-corrected chi connectivity index (χ3v) is 3.65. The SMILES string of the molecule is CNCCCN(C)Cc1nc2ccsc2c(=O)[nH]1. The Morgan fingerprint density at radius 3 is 3.17 bits per heavy atom. The zero-order chi connectivity index (χ0) is 13.0. The average Bonchev–Trinajstić information content (AvgIpc) is 2.78. The molecule has 5 nitrogen and oxygen atoms in total. The largest absolute Gasteiger partial charge is 0.320 e. The molecule has 18 heavy (non-hydrogen) atoms. The Kier molecular flexibility index (Phi) is 4.46. The van der Waals surface area contributed by atoms with Crippen LogP contribution in [0.5, 0.6) is 0 Å². The minimum Gasteiger partial charge on any atom is -0.320 e. The number of nitrogens with one attached hydrogen (secondary N) is 2. The first-order chi connectivity index (χ1) is 8.70. The summed E-state index contributed by atoms with van der Waals surface area (Å²) in [4.78, 5) is 21.3. The molecule has 0 aliphatic rings. The maximum atomic E-state index is 11.8. The standard InChI is InChI=1S/C12H18N4OS/c1-13-5-3-6-16(2)8-10-14-9-4-7-18-11(9)12(17)15-10/h4,7,13H,3,5-6,8H2,1-2H3,(H,14,15,17). The van der Waals surface area contributed by atoms with E-state index in [1.165, 1.54) is 11.3 Å². The summed E-state index contributed by atoms with van der Waals surface area (Å²) in [6, 6.07) is 1.89. The molecule has 0 saturated carbocycles. The molecule has 0 saturated heterocycles. The smallest absolute Gasteiger partial charge is 0.268 e. The van der Waals surface area contributed by atoms with Crippen LogP contribution in [0.1, 0.15) is 12.2 Å². The number of fused-ring (bicyclic) bond motifs is 1. The maximum Gasteiger partial charge on any atom is 0.268 e. The molecule has 0 fully saturated rings. The topological polar surface area (TPSA) is 61.0 Å².